The highest BCUT2D eigenvalue weighted by molar-refractivity contribution is 6.00. The third kappa shape index (κ3) is 3.19. The van der Waals surface area contributed by atoms with E-state index in [9.17, 15) is 5.11 Å². The Balaban J connectivity index is 1.78. The standard InChI is InChI=1S/C23H24N2O3/c1-15-17(7-5-9-23(15)28-14-16(27)13-26)19-10-24-11-20(19)21-12-25(2)22-8-4-3-6-18(21)22/h3-12,16,24,26-27H,13-14H2,1-2H3/t16-/m1/s1. The van der Waals surface area contributed by atoms with Gasteiger partial charge in [0.1, 0.15) is 18.5 Å². The molecule has 0 aliphatic carbocycles. The van der Waals surface area contributed by atoms with Crippen LogP contribution in [0.15, 0.2) is 61.1 Å². The number of para-hydroxylation sites is 1. The van der Waals surface area contributed by atoms with Gasteiger partial charge in [-0.15, -0.1) is 0 Å². The average Bonchev–Trinajstić information content (AvgIpc) is 3.32. The van der Waals surface area contributed by atoms with Gasteiger partial charge in [-0.1, -0.05) is 30.3 Å². The zero-order chi connectivity index (χ0) is 19.7. The number of H-pyrrole nitrogens is 1. The number of aromatic amines is 1. The number of nitrogens with zero attached hydrogens (tertiary/aromatic N) is 1. The van der Waals surface area contributed by atoms with Gasteiger partial charge in [-0.2, -0.15) is 0 Å². The van der Waals surface area contributed by atoms with E-state index in [2.05, 4.69) is 53.1 Å². The third-order valence-electron chi connectivity index (χ3n) is 5.15. The number of benzene rings is 2. The van der Waals surface area contributed by atoms with Crippen molar-refractivity contribution in [2.24, 2.45) is 7.05 Å². The van der Waals surface area contributed by atoms with Crippen LogP contribution in [0.2, 0.25) is 0 Å². The van der Waals surface area contributed by atoms with Crippen molar-refractivity contribution in [3.05, 3.63) is 66.6 Å². The van der Waals surface area contributed by atoms with Gasteiger partial charge in [0.05, 0.1) is 6.61 Å². The van der Waals surface area contributed by atoms with Crippen LogP contribution in [0, 0.1) is 6.92 Å². The van der Waals surface area contributed by atoms with Crippen LogP contribution in [-0.2, 0) is 7.05 Å². The number of aliphatic hydroxyl groups is 2. The second-order valence-corrected chi connectivity index (χ2v) is 7.03. The van der Waals surface area contributed by atoms with Crippen molar-refractivity contribution in [2.75, 3.05) is 13.2 Å². The maximum absolute atomic E-state index is 9.58. The minimum absolute atomic E-state index is 0.0596. The second kappa shape index (κ2) is 7.54. The van der Waals surface area contributed by atoms with Gasteiger partial charge in [0, 0.05) is 53.2 Å². The molecule has 0 amide bonds. The molecule has 0 saturated carbocycles. The van der Waals surface area contributed by atoms with Crippen molar-refractivity contribution in [2.45, 2.75) is 13.0 Å². The highest BCUT2D eigenvalue weighted by Crippen LogP contribution is 2.39. The molecule has 28 heavy (non-hydrogen) atoms. The van der Waals surface area contributed by atoms with Gasteiger partial charge in [0.25, 0.3) is 0 Å². The Morgan fingerprint density at radius 2 is 1.75 bits per heavy atom. The third-order valence-corrected chi connectivity index (χ3v) is 5.15. The van der Waals surface area contributed by atoms with Gasteiger partial charge < -0.3 is 24.5 Å². The van der Waals surface area contributed by atoms with E-state index in [0.29, 0.717) is 5.75 Å². The number of nitrogens with one attached hydrogen (secondary N) is 1. The number of fused-ring (bicyclic) bond motifs is 1. The highest BCUT2D eigenvalue weighted by Gasteiger charge is 2.17. The van der Waals surface area contributed by atoms with Crippen LogP contribution in [0.1, 0.15) is 5.56 Å². The highest BCUT2D eigenvalue weighted by atomic mass is 16.5. The van der Waals surface area contributed by atoms with Crippen molar-refractivity contribution in [3.63, 3.8) is 0 Å². The SMILES string of the molecule is Cc1c(OC[C@H](O)CO)cccc1-c1c[nH]cc1-c1cn(C)c2ccccc12. The normalized spacial score (nSPS) is 12.4. The van der Waals surface area contributed by atoms with E-state index in [0.717, 1.165) is 22.3 Å². The topological polar surface area (TPSA) is 70.4 Å². The van der Waals surface area contributed by atoms with E-state index in [-0.39, 0.29) is 13.2 Å². The fraction of sp³-hybridized carbons (Fsp3) is 0.217. The number of aromatic nitrogens is 2. The Bertz CT molecular complexity index is 1110. The van der Waals surface area contributed by atoms with Gasteiger partial charge >= 0.3 is 0 Å². The Labute approximate surface area is 163 Å². The van der Waals surface area contributed by atoms with E-state index in [4.69, 9.17) is 9.84 Å². The molecule has 1 atom stereocenters. The fourth-order valence-electron chi connectivity index (χ4n) is 3.67. The lowest BCUT2D eigenvalue weighted by Crippen LogP contribution is -2.21. The van der Waals surface area contributed by atoms with Crippen LogP contribution in [0.3, 0.4) is 0 Å². The molecule has 5 nitrogen and oxygen atoms in total. The molecule has 0 fully saturated rings. The minimum atomic E-state index is -0.887. The van der Waals surface area contributed by atoms with E-state index in [1.165, 1.54) is 16.5 Å². The number of hydrogen-bond donors (Lipinski definition) is 3. The van der Waals surface area contributed by atoms with Gasteiger partial charge in [-0.05, 0) is 30.2 Å². The lowest BCUT2D eigenvalue weighted by molar-refractivity contribution is 0.0534. The maximum Gasteiger partial charge on any atom is 0.122 e. The molecule has 2 aromatic heterocycles. The Morgan fingerprint density at radius 1 is 1.00 bits per heavy atom. The van der Waals surface area contributed by atoms with Crippen LogP contribution < -0.4 is 4.74 Å². The second-order valence-electron chi connectivity index (χ2n) is 7.03. The molecule has 4 aromatic rings. The quantitative estimate of drug-likeness (QED) is 0.478. The molecule has 0 aliphatic rings. The molecule has 0 unspecified atom stereocenters. The lowest BCUT2D eigenvalue weighted by atomic mass is 9.95. The number of ether oxygens (including phenoxy) is 1. The van der Waals surface area contributed by atoms with Gasteiger partial charge in [0.2, 0.25) is 0 Å². The number of aryl methyl sites for hydroxylation is 1. The molecule has 0 saturated heterocycles. The number of rotatable bonds is 6. The molecular formula is C23H24N2O3. The van der Waals surface area contributed by atoms with Crippen molar-refractivity contribution < 1.29 is 14.9 Å². The summed E-state index contributed by atoms with van der Waals surface area (Å²) in [5.41, 5.74) is 6.66. The summed E-state index contributed by atoms with van der Waals surface area (Å²) in [5.74, 6) is 0.704. The summed E-state index contributed by atoms with van der Waals surface area (Å²) in [5, 5.41) is 19.8. The zero-order valence-electron chi connectivity index (χ0n) is 16.0. The van der Waals surface area contributed by atoms with Crippen molar-refractivity contribution in [1.82, 2.24) is 9.55 Å². The van der Waals surface area contributed by atoms with Crippen molar-refractivity contribution in [1.29, 1.82) is 0 Å². The van der Waals surface area contributed by atoms with Crippen molar-refractivity contribution >= 4 is 10.9 Å². The summed E-state index contributed by atoms with van der Waals surface area (Å²) < 4.78 is 7.87. The van der Waals surface area contributed by atoms with Gasteiger partial charge in [0.15, 0.2) is 0 Å². The Morgan fingerprint density at radius 3 is 2.54 bits per heavy atom. The van der Waals surface area contributed by atoms with E-state index < -0.39 is 6.10 Å². The molecule has 0 radical (unpaired) electrons. The summed E-state index contributed by atoms with van der Waals surface area (Å²) in [6, 6.07) is 14.3. The molecule has 144 valence electrons. The Hall–Kier alpha value is -3.02. The first-order valence-corrected chi connectivity index (χ1v) is 9.33. The monoisotopic (exact) mass is 376 g/mol. The molecule has 4 rings (SSSR count). The predicted octanol–water partition coefficient (Wildman–Crippen LogP) is 3.88. The average molecular weight is 376 g/mol. The first-order valence-electron chi connectivity index (χ1n) is 9.33. The van der Waals surface area contributed by atoms with Gasteiger partial charge in [-0.25, -0.2) is 0 Å². The predicted molar refractivity (Wildman–Crippen MR) is 111 cm³/mol. The molecular weight excluding hydrogens is 352 g/mol. The summed E-state index contributed by atoms with van der Waals surface area (Å²) in [6.07, 6.45) is 5.30. The summed E-state index contributed by atoms with van der Waals surface area (Å²) >= 11 is 0. The molecule has 2 aromatic carbocycles. The van der Waals surface area contributed by atoms with Gasteiger partial charge in [-0.3, -0.25) is 0 Å². The maximum atomic E-state index is 9.58. The Kier molecular flexibility index (Phi) is 4.94. The molecule has 0 bridgehead atoms. The van der Waals surface area contributed by atoms with E-state index in [1.807, 2.05) is 31.5 Å². The van der Waals surface area contributed by atoms with E-state index in [1.54, 1.807) is 0 Å². The largest absolute Gasteiger partial charge is 0.491 e. The van der Waals surface area contributed by atoms with Crippen LogP contribution in [0.4, 0.5) is 0 Å². The molecule has 5 heteroatoms. The van der Waals surface area contributed by atoms with Crippen molar-refractivity contribution in [3.8, 4) is 28.0 Å². The lowest BCUT2D eigenvalue weighted by Gasteiger charge is -2.15. The van der Waals surface area contributed by atoms with Crippen LogP contribution >= 0.6 is 0 Å². The van der Waals surface area contributed by atoms with Crippen LogP contribution in [0.5, 0.6) is 5.75 Å². The summed E-state index contributed by atoms with van der Waals surface area (Å²) in [6.45, 7) is 1.75. The summed E-state index contributed by atoms with van der Waals surface area (Å²) in [7, 11) is 2.06. The van der Waals surface area contributed by atoms with Crippen LogP contribution in [0.25, 0.3) is 33.2 Å². The molecule has 0 spiro atoms. The minimum Gasteiger partial charge on any atom is -0.491 e. The van der Waals surface area contributed by atoms with Crippen LogP contribution in [-0.4, -0.2) is 39.1 Å². The first kappa shape index (κ1) is 18.3. The first-order chi connectivity index (χ1) is 13.6. The summed E-state index contributed by atoms with van der Waals surface area (Å²) in [4.78, 5) is 3.25. The number of hydrogen-bond acceptors (Lipinski definition) is 3. The molecule has 3 N–H and O–H groups in total. The number of aliphatic hydroxyl groups excluding tert-OH is 2. The fourth-order valence-corrected chi connectivity index (χ4v) is 3.67. The zero-order valence-corrected chi connectivity index (χ0v) is 16.0. The molecule has 0 aliphatic heterocycles. The van der Waals surface area contributed by atoms with E-state index >= 15 is 0 Å². The molecule has 2 heterocycles. The smallest absolute Gasteiger partial charge is 0.122 e.